The molecule has 10 heteroatoms. The molecule has 1 aliphatic heterocycles. The Hall–Kier alpha value is -3.63. The Labute approximate surface area is 239 Å². The first-order valence-corrected chi connectivity index (χ1v) is 14.6. The van der Waals surface area contributed by atoms with Gasteiger partial charge in [0, 0.05) is 44.7 Å². The lowest BCUT2D eigenvalue weighted by Gasteiger charge is -2.29. The lowest BCUT2D eigenvalue weighted by molar-refractivity contribution is -0.127. The first kappa shape index (κ1) is 28.9. The van der Waals surface area contributed by atoms with E-state index in [9.17, 15) is 18.4 Å². The number of aromatic nitrogens is 2. The van der Waals surface area contributed by atoms with E-state index in [0.717, 1.165) is 36.7 Å². The van der Waals surface area contributed by atoms with Gasteiger partial charge in [0.15, 0.2) is 5.82 Å². The molecule has 2 atom stereocenters. The third-order valence-corrected chi connectivity index (χ3v) is 7.95. The molecule has 41 heavy (non-hydrogen) atoms. The molecule has 0 saturated carbocycles. The summed E-state index contributed by atoms with van der Waals surface area (Å²) < 4.78 is 29.9. The second-order valence-electron chi connectivity index (χ2n) is 10.9. The highest BCUT2D eigenvalue weighted by Gasteiger charge is 2.27. The van der Waals surface area contributed by atoms with Crippen molar-refractivity contribution < 1.29 is 18.4 Å². The van der Waals surface area contributed by atoms with Gasteiger partial charge in [-0.3, -0.25) is 9.59 Å². The highest BCUT2D eigenvalue weighted by atomic mass is 19.1. The van der Waals surface area contributed by atoms with Gasteiger partial charge in [0.25, 0.3) is 0 Å². The number of aryl methyl sites for hydroxylation is 1. The third kappa shape index (κ3) is 7.18. The van der Waals surface area contributed by atoms with Crippen LogP contribution in [-0.4, -0.2) is 58.0 Å². The minimum atomic E-state index is -0.551. The van der Waals surface area contributed by atoms with Crippen molar-refractivity contribution in [1.82, 2.24) is 25.1 Å². The number of imidazole rings is 1. The number of benzene rings is 2. The molecular weight excluding hydrogens is 526 g/mol. The number of anilines is 1. The first-order valence-electron chi connectivity index (χ1n) is 14.6. The van der Waals surface area contributed by atoms with Crippen LogP contribution in [0.4, 0.5) is 14.6 Å². The van der Waals surface area contributed by atoms with Gasteiger partial charge in [-0.2, -0.15) is 0 Å². The Morgan fingerprint density at radius 1 is 1.20 bits per heavy atom. The van der Waals surface area contributed by atoms with Crippen LogP contribution in [0.15, 0.2) is 48.9 Å². The molecule has 5 rings (SSSR count). The fourth-order valence-corrected chi connectivity index (χ4v) is 5.81. The smallest absolute Gasteiger partial charge is 0.242 e. The molecule has 2 amide bonds. The van der Waals surface area contributed by atoms with Crippen LogP contribution in [0.3, 0.4) is 0 Å². The second kappa shape index (κ2) is 13.4. The molecular formula is C31H38F2N6O2. The molecule has 0 spiro atoms. The molecule has 1 fully saturated rings. The average molecular weight is 565 g/mol. The summed E-state index contributed by atoms with van der Waals surface area (Å²) in [6.07, 6.45) is 8.18. The molecule has 1 saturated heterocycles. The van der Waals surface area contributed by atoms with Crippen LogP contribution in [0.2, 0.25) is 0 Å². The van der Waals surface area contributed by atoms with Crippen LogP contribution in [0.5, 0.6) is 0 Å². The van der Waals surface area contributed by atoms with E-state index in [-0.39, 0.29) is 17.9 Å². The molecule has 2 heterocycles. The minimum absolute atomic E-state index is 0.0784. The first-order chi connectivity index (χ1) is 19.9. The number of nitrogens with zero attached hydrogens (tertiary/aromatic N) is 3. The van der Waals surface area contributed by atoms with Gasteiger partial charge in [0.1, 0.15) is 18.0 Å². The maximum Gasteiger partial charge on any atom is 0.242 e. The Balaban J connectivity index is 1.18. The predicted molar refractivity (Wildman–Crippen MR) is 154 cm³/mol. The van der Waals surface area contributed by atoms with E-state index in [1.54, 1.807) is 12.5 Å². The van der Waals surface area contributed by atoms with Gasteiger partial charge in [-0.15, -0.1) is 0 Å². The Morgan fingerprint density at radius 2 is 2.05 bits per heavy atom. The molecule has 3 aromatic rings. The fraction of sp³-hybridized carbons (Fsp3) is 0.452. The molecule has 1 aliphatic carbocycles. The zero-order valence-electron chi connectivity index (χ0n) is 23.5. The number of hydrogen-bond acceptors (Lipinski definition) is 5. The second-order valence-corrected chi connectivity index (χ2v) is 10.9. The van der Waals surface area contributed by atoms with Crippen molar-refractivity contribution in [2.24, 2.45) is 0 Å². The van der Waals surface area contributed by atoms with Crippen LogP contribution in [0.25, 0.3) is 5.69 Å². The van der Waals surface area contributed by atoms with Gasteiger partial charge < -0.3 is 25.4 Å². The summed E-state index contributed by atoms with van der Waals surface area (Å²) in [5.41, 5.74) is 3.26. The Bertz CT molecular complexity index is 1380. The number of para-hydroxylation sites is 1. The van der Waals surface area contributed by atoms with E-state index in [4.69, 9.17) is 0 Å². The number of rotatable bonds is 12. The van der Waals surface area contributed by atoms with E-state index in [1.807, 2.05) is 40.7 Å². The lowest BCUT2D eigenvalue weighted by atomic mass is 9.87. The number of halogens is 2. The molecule has 0 bridgehead atoms. The zero-order chi connectivity index (χ0) is 28.8. The number of nitrogens with one attached hydrogen (secondary N) is 3. The van der Waals surface area contributed by atoms with Crippen molar-refractivity contribution in [1.29, 1.82) is 0 Å². The van der Waals surface area contributed by atoms with Crippen LogP contribution in [-0.2, 0) is 29.0 Å². The van der Waals surface area contributed by atoms with Crippen LogP contribution in [0, 0.1) is 11.6 Å². The van der Waals surface area contributed by atoms with Crippen molar-refractivity contribution >= 4 is 17.6 Å². The van der Waals surface area contributed by atoms with Gasteiger partial charge >= 0.3 is 0 Å². The summed E-state index contributed by atoms with van der Waals surface area (Å²) in [5.74, 6) is -0.584. The summed E-state index contributed by atoms with van der Waals surface area (Å²) in [6.45, 7) is 4.91. The van der Waals surface area contributed by atoms with Crippen molar-refractivity contribution in [2.45, 2.75) is 70.5 Å². The van der Waals surface area contributed by atoms with Gasteiger partial charge in [-0.1, -0.05) is 31.5 Å². The quantitative estimate of drug-likeness (QED) is 0.288. The molecule has 218 valence electrons. The van der Waals surface area contributed by atoms with Crippen molar-refractivity contribution in [2.75, 3.05) is 25.0 Å². The third-order valence-electron chi connectivity index (χ3n) is 7.95. The van der Waals surface area contributed by atoms with Crippen molar-refractivity contribution in [3.63, 3.8) is 0 Å². The molecule has 2 aliphatic rings. The summed E-state index contributed by atoms with van der Waals surface area (Å²) in [7, 11) is 0. The highest BCUT2D eigenvalue weighted by molar-refractivity contribution is 5.94. The lowest BCUT2D eigenvalue weighted by Crippen LogP contribution is -2.48. The van der Waals surface area contributed by atoms with E-state index in [1.165, 1.54) is 6.07 Å². The maximum atomic E-state index is 14.4. The summed E-state index contributed by atoms with van der Waals surface area (Å²) >= 11 is 0. The molecule has 3 N–H and O–H groups in total. The topological polar surface area (TPSA) is 91.3 Å². The predicted octanol–water partition coefficient (Wildman–Crippen LogP) is 4.12. The number of carbonyl (C=O) groups excluding carboxylic acids is 2. The summed E-state index contributed by atoms with van der Waals surface area (Å²) in [4.78, 5) is 31.4. The highest BCUT2D eigenvalue weighted by Crippen LogP contribution is 2.26. The molecule has 2 aromatic carbocycles. The monoisotopic (exact) mass is 564 g/mol. The molecule has 0 unspecified atom stereocenters. The summed E-state index contributed by atoms with van der Waals surface area (Å²) in [5, 5.41) is 9.79. The zero-order valence-corrected chi connectivity index (χ0v) is 23.5. The van der Waals surface area contributed by atoms with Gasteiger partial charge in [0.2, 0.25) is 11.8 Å². The van der Waals surface area contributed by atoms with Gasteiger partial charge in [-0.25, -0.2) is 13.8 Å². The minimum Gasteiger partial charge on any atom is -0.341 e. The Kier molecular flexibility index (Phi) is 9.41. The molecule has 1 aromatic heterocycles. The van der Waals surface area contributed by atoms with E-state index < -0.39 is 17.7 Å². The van der Waals surface area contributed by atoms with Gasteiger partial charge in [-0.05, 0) is 60.9 Å². The standard InChI is InChI=1S/C31H38F2N6O2/c1-2-6-27(36-24-11-10-21-15-23(32)16-26(33)25(21)17-24)31(41)37-29-19-39(20-35-29)28-8-4-3-7-22(28)18-34-12-14-38-13-5-9-30(38)40/h3-4,7-8,15-16,19-20,24,27,34,36H,2,5-6,9-14,17-18H2,1H3,(H,37,41)/t24-,27+/m0/s1. The molecule has 0 radical (unpaired) electrons. The number of likely N-dealkylation sites (tertiary alicyclic amines) is 1. The maximum absolute atomic E-state index is 14.4. The van der Waals surface area contributed by atoms with E-state index >= 15 is 0 Å². The number of hydrogen-bond donors (Lipinski definition) is 3. The van der Waals surface area contributed by atoms with Crippen LogP contribution < -0.4 is 16.0 Å². The van der Waals surface area contributed by atoms with E-state index in [2.05, 4.69) is 20.9 Å². The van der Waals surface area contributed by atoms with Crippen molar-refractivity contribution in [3.05, 3.63) is 77.2 Å². The number of fused-ring (bicyclic) bond motifs is 1. The van der Waals surface area contributed by atoms with Gasteiger partial charge in [0.05, 0.1) is 17.9 Å². The van der Waals surface area contributed by atoms with E-state index in [0.29, 0.717) is 68.7 Å². The number of carbonyl (C=O) groups is 2. The Morgan fingerprint density at radius 3 is 2.85 bits per heavy atom. The average Bonchev–Trinajstić information content (AvgIpc) is 3.60. The van der Waals surface area contributed by atoms with Crippen molar-refractivity contribution in [3.8, 4) is 5.69 Å². The SMILES string of the molecule is CCC[C@@H](N[C@H]1CCc2cc(F)cc(F)c2C1)C(=O)Nc1cn(-c2ccccc2CNCCN2CCCC2=O)cn1. The fourth-order valence-electron chi connectivity index (χ4n) is 5.81. The summed E-state index contributed by atoms with van der Waals surface area (Å²) in [6, 6.07) is 9.79. The molecule has 8 nitrogen and oxygen atoms in total. The number of amides is 2. The largest absolute Gasteiger partial charge is 0.341 e. The van der Waals surface area contributed by atoms with Crippen LogP contribution in [0.1, 0.15) is 55.7 Å². The van der Waals surface area contributed by atoms with Crippen LogP contribution >= 0.6 is 0 Å². The normalized spacial score (nSPS) is 17.5.